The Kier molecular flexibility index (Phi) is 5.72. The van der Waals surface area contributed by atoms with Crippen molar-refractivity contribution in [3.05, 3.63) is 52.2 Å². The molecule has 0 atom stereocenters. The Morgan fingerprint density at radius 1 is 1.24 bits per heavy atom. The number of rotatable bonds is 8. The first-order valence-electron chi connectivity index (χ1n) is 8.20. The van der Waals surface area contributed by atoms with Gasteiger partial charge in [-0.3, -0.25) is 0 Å². The largest absolute Gasteiger partial charge is 0.370 e. The highest BCUT2D eigenvalue weighted by Gasteiger charge is 2.27. The molecule has 0 unspecified atom stereocenters. The predicted molar refractivity (Wildman–Crippen MR) is 101 cm³/mol. The van der Waals surface area contributed by atoms with Gasteiger partial charge >= 0.3 is 0 Å². The first-order valence-corrected chi connectivity index (χ1v) is 10.6. The summed E-state index contributed by atoms with van der Waals surface area (Å²) in [5.74, 6) is 0.392. The number of guanidine groups is 1. The first-order chi connectivity index (χ1) is 12.0. The summed E-state index contributed by atoms with van der Waals surface area (Å²) in [7, 11) is -3.40. The molecule has 8 heteroatoms. The van der Waals surface area contributed by atoms with E-state index in [0.29, 0.717) is 12.5 Å². The quantitative estimate of drug-likeness (QED) is 0.482. The normalized spacial score (nSPS) is 15.3. The van der Waals surface area contributed by atoms with Crippen LogP contribution >= 0.6 is 11.3 Å². The number of sulfonamides is 1. The monoisotopic (exact) mass is 378 g/mol. The van der Waals surface area contributed by atoms with Crippen molar-refractivity contribution in [3.63, 3.8) is 0 Å². The molecule has 0 saturated heterocycles. The summed E-state index contributed by atoms with van der Waals surface area (Å²) in [6.07, 6.45) is 2.75. The fourth-order valence-electron chi connectivity index (χ4n) is 2.26. The van der Waals surface area contributed by atoms with E-state index in [-0.39, 0.29) is 10.9 Å². The second-order valence-corrected chi connectivity index (χ2v) is 8.74. The molecule has 0 aliphatic heterocycles. The fraction of sp³-hybridized carbons (Fsp3) is 0.353. The van der Waals surface area contributed by atoms with Gasteiger partial charge in [0.1, 0.15) is 0 Å². The van der Waals surface area contributed by atoms with E-state index in [1.54, 1.807) is 35.6 Å². The summed E-state index contributed by atoms with van der Waals surface area (Å²) in [6, 6.07) is 11.0. The van der Waals surface area contributed by atoms with Crippen molar-refractivity contribution < 1.29 is 8.42 Å². The zero-order chi connectivity index (χ0) is 17.7. The van der Waals surface area contributed by atoms with Crippen LogP contribution < -0.4 is 15.8 Å². The second-order valence-electron chi connectivity index (χ2n) is 6.00. The molecule has 1 aromatic carbocycles. The summed E-state index contributed by atoms with van der Waals surface area (Å²) in [5.41, 5.74) is 6.77. The van der Waals surface area contributed by atoms with Crippen molar-refractivity contribution in [2.24, 2.45) is 10.7 Å². The number of thiophene rings is 1. The van der Waals surface area contributed by atoms with Crippen LogP contribution in [0.5, 0.6) is 0 Å². The average molecular weight is 379 g/mol. The van der Waals surface area contributed by atoms with Gasteiger partial charge < -0.3 is 11.1 Å². The Balaban J connectivity index is 1.48. The molecular formula is C17H22N4O2S2. The summed E-state index contributed by atoms with van der Waals surface area (Å²) in [5, 5.41) is 5.14. The maximum absolute atomic E-state index is 12.1. The SMILES string of the molecule is NC(=NCc1ccc(S(=O)(=O)NC2CC2)cc1)NCCc1cccs1. The minimum Gasteiger partial charge on any atom is -0.370 e. The van der Waals surface area contributed by atoms with Gasteiger partial charge in [0.05, 0.1) is 11.4 Å². The van der Waals surface area contributed by atoms with E-state index in [4.69, 9.17) is 5.73 Å². The highest BCUT2D eigenvalue weighted by Crippen LogP contribution is 2.22. The minimum atomic E-state index is -3.40. The number of hydrogen-bond donors (Lipinski definition) is 3. The number of aliphatic imine (C=N–C) groups is 1. The van der Waals surface area contributed by atoms with Gasteiger partial charge in [0.25, 0.3) is 0 Å². The number of nitrogens with two attached hydrogens (primary N) is 1. The van der Waals surface area contributed by atoms with Crippen molar-refractivity contribution in [1.82, 2.24) is 10.0 Å². The summed E-state index contributed by atoms with van der Waals surface area (Å²) < 4.78 is 26.9. The molecule has 0 spiro atoms. The average Bonchev–Trinajstić information content (AvgIpc) is 3.23. The Morgan fingerprint density at radius 2 is 2.00 bits per heavy atom. The Bertz CT molecular complexity index is 811. The summed E-state index contributed by atoms with van der Waals surface area (Å²) in [4.78, 5) is 5.87. The number of nitrogens with one attached hydrogen (secondary N) is 2. The van der Waals surface area contributed by atoms with Crippen LogP contribution in [-0.2, 0) is 23.0 Å². The lowest BCUT2D eigenvalue weighted by molar-refractivity contribution is 0.581. The smallest absolute Gasteiger partial charge is 0.240 e. The zero-order valence-electron chi connectivity index (χ0n) is 13.8. The standard InChI is InChI=1S/C17H22N4O2S2/c18-17(19-10-9-15-2-1-11-24-15)20-12-13-3-7-16(8-4-13)25(22,23)21-14-5-6-14/h1-4,7-8,11,14,21H,5-6,9-10,12H2,(H3,18,19,20). The molecule has 6 nitrogen and oxygen atoms in total. The van der Waals surface area contributed by atoms with E-state index in [0.717, 1.165) is 31.4 Å². The fourth-order valence-corrected chi connectivity index (χ4v) is 4.28. The van der Waals surface area contributed by atoms with Crippen molar-refractivity contribution in [3.8, 4) is 0 Å². The molecule has 3 rings (SSSR count). The molecule has 25 heavy (non-hydrogen) atoms. The lowest BCUT2D eigenvalue weighted by atomic mass is 10.2. The van der Waals surface area contributed by atoms with Gasteiger partial charge in [-0.1, -0.05) is 18.2 Å². The van der Waals surface area contributed by atoms with Crippen LogP contribution in [0.4, 0.5) is 0 Å². The lowest BCUT2D eigenvalue weighted by Crippen LogP contribution is -2.33. The van der Waals surface area contributed by atoms with Crippen molar-refractivity contribution in [2.75, 3.05) is 6.54 Å². The number of nitrogens with zero attached hydrogens (tertiary/aromatic N) is 1. The van der Waals surface area contributed by atoms with E-state index < -0.39 is 10.0 Å². The first kappa shape index (κ1) is 17.9. The van der Waals surface area contributed by atoms with Gasteiger partial charge in [-0.25, -0.2) is 18.1 Å². The molecule has 1 heterocycles. The highest BCUT2D eigenvalue weighted by molar-refractivity contribution is 7.89. The van der Waals surface area contributed by atoms with Gasteiger partial charge in [-0.05, 0) is 48.4 Å². The third kappa shape index (κ3) is 5.55. The second kappa shape index (κ2) is 7.99. The molecule has 1 aliphatic rings. The van der Waals surface area contributed by atoms with Gasteiger partial charge in [0.15, 0.2) is 5.96 Å². The molecule has 0 radical (unpaired) electrons. The van der Waals surface area contributed by atoms with Crippen molar-refractivity contribution in [1.29, 1.82) is 0 Å². The molecule has 1 fully saturated rings. The van der Waals surface area contributed by atoms with Crippen LogP contribution in [0.1, 0.15) is 23.3 Å². The molecule has 1 aliphatic carbocycles. The van der Waals surface area contributed by atoms with E-state index in [1.807, 2.05) is 6.07 Å². The molecule has 0 amide bonds. The summed E-state index contributed by atoms with van der Waals surface area (Å²) in [6.45, 7) is 1.15. The highest BCUT2D eigenvalue weighted by atomic mass is 32.2. The molecule has 1 aromatic heterocycles. The Morgan fingerprint density at radius 3 is 2.64 bits per heavy atom. The van der Waals surface area contributed by atoms with E-state index in [9.17, 15) is 8.42 Å². The van der Waals surface area contributed by atoms with Gasteiger partial charge in [-0.15, -0.1) is 11.3 Å². The predicted octanol–water partition coefficient (Wildman–Crippen LogP) is 1.84. The van der Waals surface area contributed by atoms with Gasteiger partial charge in [-0.2, -0.15) is 0 Å². The minimum absolute atomic E-state index is 0.106. The molecule has 0 bridgehead atoms. The molecular weight excluding hydrogens is 356 g/mol. The molecule has 1 saturated carbocycles. The third-order valence-electron chi connectivity index (χ3n) is 3.82. The maximum atomic E-state index is 12.1. The lowest BCUT2D eigenvalue weighted by Gasteiger charge is -2.07. The van der Waals surface area contributed by atoms with Crippen LogP contribution in [0.3, 0.4) is 0 Å². The zero-order valence-corrected chi connectivity index (χ0v) is 15.4. The topological polar surface area (TPSA) is 96.6 Å². The van der Waals surface area contributed by atoms with Crippen LogP contribution in [-0.4, -0.2) is 27.0 Å². The third-order valence-corrected chi connectivity index (χ3v) is 6.29. The van der Waals surface area contributed by atoms with Crippen LogP contribution in [0, 0.1) is 0 Å². The molecule has 4 N–H and O–H groups in total. The van der Waals surface area contributed by atoms with Crippen molar-refractivity contribution >= 4 is 27.3 Å². The van der Waals surface area contributed by atoms with E-state index in [2.05, 4.69) is 26.5 Å². The van der Waals surface area contributed by atoms with Crippen LogP contribution in [0.15, 0.2) is 51.7 Å². The van der Waals surface area contributed by atoms with E-state index >= 15 is 0 Å². The van der Waals surface area contributed by atoms with Crippen molar-refractivity contribution in [2.45, 2.75) is 36.7 Å². The van der Waals surface area contributed by atoms with Crippen LogP contribution in [0.25, 0.3) is 0 Å². The molecule has 134 valence electrons. The Hall–Kier alpha value is -1.90. The van der Waals surface area contributed by atoms with Gasteiger partial charge in [0.2, 0.25) is 10.0 Å². The summed E-state index contributed by atoms with van der Waals surface area (Å²) >= 11 is 1.72. The molecule has 2 aromatic rings. The van der Waals surface area contributed by atoms with Gasteiger partial charge in [0, 0.05) is 17.5 Å². The Labute approximate surface area is 152 Å². The number of benzene rings is 1. The number of hydrogen-bond acceptors (Lipinski definition) is 4. The van der Waals surface area contributed by atoms with E-state index in [1.165, 1.54) is 4.88 Å². The van der Waals surface area contributed by atoms with Crippen LogP contribution in [0.2, 0.25) is 0 Å². The maximum Gasteiger partial charge on any atom is 0.240 e.